The van der Waals surface area contributed by atoms with E-state index in [4.69, 9.17) is 10.1 Å². The van der Waals surface area contributed by atoms with Gasteiger partial charge in [-0.25, -0.2) is 9.97 Å². The molecule has 3 heterocycles. The lowest BCUT2D eigenvalue weighted by atomic mass is 10.2. The SMILES string of the molecule is N=c1c2ncn([C@H]3C[C@H](O)[C@@H](CO)O3)c2ncn1Cc1ccccc1. The maximum atomic E-state index is 9.91. The van der Waals surface area contributed by atoms with E-state index in [9.17, 15) is 10.2 Å². The first-order valence-electron chi connectivity index (χ1n) is 8.12. The maximum absolute atomic E-state index is 9.91. The Bertz CT molecular complexity index is 936. The molecule has 0 radical (unpaired) electrons. The molecule has 3 atom stereocenters. The molecule has 3 aromatic rings. The fourth-order valence-electron chi connectivity index (χ4n) is 3.13. The van der Waals surface area contributed by atoms with Crippen LogP contribution in [-0.2, 0) is 11.3 Å². The average Bonchev–Trinajstić information content (AvgIpc) is 3.22. The molecule has 2 aromatic heterocycles. The summed E-state index contributed by atoms with van der Waals surface area (Å²) in [6, 6.07) is 9.87. The Kier molecular flexibility index (Phi) is 4.08. The maximum Gasteiger partial charge on any atom is 0.167 e. The van der Waals surface area contributed by atoms with Crippen molar-refractivity contribution in [1.82, 2.24) is 19.1 Å². The molecule has 0 amide bonds. The zero-order chi connectivity index (χ0) is 17.4. The van der Waals surface area contributed by atoms with E-state index in [0.29, 0.717) is 24.1 Å². The third-order valence-electron chi connectivity index (χ3n) is 4.49. The predicted molar refractivity (Wildman–Crippen MR) is 88.5 cm³/mol. The fourth-order valence-corrected chi connectivity index (χ4v) is 3.13. The van der Waals surface area contributed by atoms with Crippen LogP contribution in [0, 0.1) is 5.41 Å². The van der Waals surface area contributed by atoms with Crippen molar-refractivity contribution < 1.29 is 14.9 Å². The van der Waals surface area contributed by atoms with E-state index in [0.717, 1.165) is 5.56 Å². The highest BCUT2D eigenvalue weighted by molar-refractivity contribution is 5.68. The standard InChI is InChI=1S/C17H19N5O3/c18-16-15-17(20-9-21(16)7-11-4-2-1-3-5-11)22(10-19-15)14-6-12(24)13(8-23)25-14/h1-5,9-10,12-14,18,23-24H,6-8H2/t12-,13+,14+/m0/s1. The lowest BCUT2D eigenvalue weighted by Gasteiger charge is -2.14. The second-order valence-corrected chi connectivity index (χ2v) is 6.15. The Morgan fingerprint density at radius 1 is 1.20 bits per heavy atom. The van der Waals surface area contributed by atoms with Crippen molar-refractivity contribution in [3.63, 3.8) is 0 Å². The zero-order valence-corrected chi connectivity index (χ0v) is 13.5. The number of aliphatic hydroxyl groups excluding tert-OH is 2. The van der Waals surface area contributed by atoms with Crippen LogP contribution in [0.1, 0.15) is 18.2 Å². The largest absolute Gasteiger partial charge is 0.394 e. The number of ether oxygens (including phenoxy) is 1. The number of fused-ring (bicyclic) bond motifs is 1. The minimum absolute atomic E-state index is 0.238. The van der Waals surface area contributed by atoms with Gasteiger partial charge in [-0.1, -0.05) is 30.3 Å². The molecule has 1 aliphatic heterocycles. The van der Waals surface area contributed by atoms with Gasteiger partial charge < -0.3 is 19.5 Å². The molecule has 130 valence electrons. The summed E-state index contributed by atoms with van der Waals surface area (Å²) in [6.07, 6.45) is 1.75. The van der Waals surface area contributed by atoms with Crippen LogP contribution in [-0.4, -0.2) is 48.1 Å². The summed E-state index contributed by atoms with van der Waals surface area (Å²) in [5.41, 5.74) is 2.36. The Morgan fingerprint density at radius 2 is 2.00 bits per heavy atom. The summed E-state index contributed by atoms with van der Waals surface area (Å²) >= 11 is 0. The van der Waals surface area contributed by atoms with Crippen LogP contribution >= 0.6 is 0 Å². The van der Waals surface area contributed by atoms with Crippen LogP contribution in [0.15, 0.2) is 43.0 Å². The van der Waals surface area contributed by atoms with E-state index in [1.165, 1.54) is 0 Å². The fraction of sp³-hybridized carbons (Fsp3) is 0.353. The van der Waals surface area contributed by atoms with Crippen LogP contribution < -0.4 is 5.49 Å². The molecule has 1 aliphatic rings. The van der Waals surface area contributed by atoms with Crippen molar-refractivity contribution in [2.45, 2.75) is 31.4 Å². The van der Waals surface area contributed by atoms with Crippen molar-refractivity contribution >= 4 is 11.2 Å². The van der Waals surface area contributed by atoms with Crippen LogP contribution in [0.25, 0.3) is 11.2 Å². The minimum Gasteiger partial charge on any atom is -0.394 e. The third-order valence-corrected chi connectivity index (χ3v) is 4.49. The van der Waals surface area contributed by atoms with Crippen LogP contribution in [0.2, 0.25) is 0 Å². The highest BCUT2D eigenvalue weighted by atomic mass is 16.5. The van der Waals surface area contributed by atoms with Gasteiger partial charge in [0.2, 0.25) is 0 Å². The first-order valence-corrected chi connectivity index (χ1v) is 8.12. The number of hydrogen-bond acceptors (Lipinski definition) is 6. The first kappa shape index (κ1) is 15.9. The van der Waals surface area contributed by atoms with Gasteiger partial charge in [0, 0.05) is 6.42 Å². The molecular formula is C17H19N5O3. The second-order valence-electron chi connectivity index (χ2n) is 6.15. The van der Waals surface area contributed by atoms with Gasteiger partial charge in [0.1, 0.15) is 17.8 Å². The normalized spacial score (nSPS) is 23.4. The highest BCUT2D eigenvalue weighted by Gasteiger charge is 2.35. The van der Waals surface area contributed by atoms with Gasteiger partial charge in [-0.2, -0.15) is 0 Å². The summed E-state index contributed by atoms with van der Waals surface area (Å²) in [4.78, 5) is 8.75. The van der Waals surface area contributed by atoms with Gasteiger partial charge in [-0.05, 0) is 5.56 Å². The summed E-state index contributed by atoms with van der Waals surface area (Å²) in [6.45, 7) is 0.305. The number of hydrogen-bond donors (Lipinski definition) is 3. The van der Waals surface area contributed by atoms with Crippen LogP contribution in [0.5, 0.6) is 0 Å². The summed E-state index contributed by atoms with van der Waals surface area (Å²) in [5.74, 6) is 0. The Hall–Kier alpha value is -2.55. The predicted octanol–water partition coefficient (Wildman–Crippen LogP) is 0.401. The van der Waals surface area contributed by atoms with Gasteiger partial charge in [0.25, 0.3) is 0 Å². The topological polar surface area (TPSA) is 109 Å². The van der Waals surface area contributed by atoms with Crippen molar-refractivity contribution in [2.75, 3.05) is 6.61 Å². The van der Waals surface area contributed by atoms with Crippen molar-refractivity contribution in [2.24, 2.45) is 0 Å². The molecule has 1 saturated heterocycles. The molecule has 4 rings (SSSR count). The van der Waals surface area contributed by atoms with Crippen LogP contribution in [0.4, 0.5) is 0 Å². The number of benzene rings is 1. The minimum atomic E-state index is -0.727. The number of nitrogens with zero attached hydrogens (tertiary/aromatic N) is 4. The van der Waals surface area contributed by atoms with Gasteiger partial charge in [-0.15, -0.1) is 0 Å². The number of rotatable bonds is 4. The van der Waals surface area contributed by atoms with E-state index in [-0.39, 0.29) is 12.1 Å². The molecule has 8 heteroatoms. The first-order chi connectivity index (χ1) is 12.2. The molecule has 25 heavy (non-hydrogen) atoms. The second kappa shape index (κ2) is 6.40. The van der Waals surface area contributed by atoms with Crippen molar-refractivity contribution in [3.8, 4) is 0 Å². The smallest absolute Gasteiger partial charge is 0.167 e. The molecule has 0 aliphatic carbocycles. The van der Waals surface area contributed by atoms with E-state index in [2.05, 4.69) is 9.97 Å². The van der Waals surface area contributed by atoms with E-state index < -0.39 is 18.4 Å². The molecule has 0 spiro atoms. The van der Waals surface area contributed by atoms with Gasteiger partial charge >= 0.3 is 0 Å². The lowest BCUT2D eigenvalue weighted by Crippen LogP contribution is -2.24. The Balaban J connectivity index is 1.67. The van der Waals surface area contributed by atoms with E-state index >= 15 is 0 Å². The van der Waals surface area contributed by atoms with Crippen molar-refractivity contribution in [1.29, 1.82) is 5.41 Å². The van der Waals surface area contributed by atoms with E-state index in [1.54, 1.807) is 21.8 Å². The quantitative estimate of drug-likeness (QED) is 0.636. The Morgan fingerprint density at radius 3 is 2.72 bits per heavy atom. The third kappa shape index (κ3) is 2.84. The molecular weight excluding hydrogens is 322 g/mol. The lowest BCUT2D eigenvalue weighted by molar-refractivity contribution is -0.0432. The van der Waals surface area contributed by atoms with Gasteiger partial charge in [-0.3, -0.25) is 9.98 Å². The molecule has 1 aromatic carbocycles. The van der Waals surface area contributed by atoms with Crippen LogP contribution in [0.3, 0.4) is 0 Å². The highest BCUT2D eigenvalue weighted by Crippen LogP contribution is 2.29. The number of aliphatic hydroxyl groups is 2. The van der Waals surface area contributed by atoms with Crippen molar-refractivity contribution in [3.05, 3.63) is 54.0 Å². The Labute approximate surface area is 143 Å². The number of aromatic nitrogens is 4. The van der Waals surface area contributed by atoms with E-state index in [1.807, 2.05) is 30.3 Å². The molecule has 0 bridgehead atoms. The number of imidazole rings is 1. The molecule has 8 nitrogen and oxygen atoms in total. The van der Waals surface area contributed by atoms with Gasteiger partial charge in [0.05, 0.1) is 31.9 Å². The average molecular weight is 341 g/mol. The molecule has 1 fully saturated rings. The summed E-state index contributed by atoms with van der Waals surface area (Å²) < 4.78 is 9.10. The summed E-state index contributed by atoms with van der Waals surface area (Å²) in [5, 5.41) is 27.5. The monoisotopic (exact) mass is 341 g/mol. The zero-order valence-electron chi connectivity index (χ0n) is 13.5. The van der Waals surface area contributed by atoms with Gasteiger partial charge in [0.15, 0.2) is 11.1 Å². The molecule has 3 N–H and O–H groups in total. The molecule has 0 saturated carbocycles. The molecule has 0 unspecified atom stereocenters. The number of nitrogens with one attached hydrogen (secondary N) is 1. The summed E-state index contributed by atoms with van der Waals surface area (Å²) in [7, 11) is 0.